The van der Waals surface area contributed by atoms with Crippen molar-refractivity contribution in [3.05, 3.63) is 34.9 Å². The molecule has 2 heteroatoms. The fraction of sp³-hybridized carbons (Fsp3) is 0.538. The lowest BCUT2D eigenvalue weighted by molar-refractivity contribution is 0.276. The molecule has 2 atom stereocenters. The minimum atomic E-state index is -0.0203. The Bertz CT molecular complexity index is 348. The fourth-order valence-corrected chi connectivity index (χ4v) is 2.36. The molecule has 82 valence electrons. The summed E-state index contributed by atoms with van der Waals surface area (Å²) in [7, 11) is 0. The van der Waals surface area contributed by atoms with E-state index in [1.54, 1.807) is 0 Å². The molecule has 0 aliphatic heterocycles. The lowest BCUT2D eigenvalue weighted by Gasteiger charge is -2.13. The van der Waals surface area contributed by atoms with Gasteiger partial charge in [0.15, 0.2) is 0 Å². The predicted molar refractivity (Wildman–Crippen MR) is 61.8 cm³/mol. The first-order chi connectivity index (χ1) is 7.22. The van der Waals surface area contributed by atoms with Gasteiger partial charge in [-0.1, -0.05) is 25.1 Å². The summed E-state index contributed by atoms with van der Waals surface area (Å²) in [5.74, 6) is 0.668. The van der Waals surface area contributed by atoms with Crippen LogP contribution in [0.3, 0.4) is 0 Å². The minimum Gasteiger partial charge on any atom is -0.396 e. The lowest BCUT2D eigenvalue weighted by atomic mass is 9.97. The van der Waals surface area contributed by atoms with Crippen molar-refractivity contribution in [3.8, 4) is 0 Å². The fourth-order valence-electron chi connectivity index (χ4n) is 2.36. The molecule has 0 aromatic heterocycles. The maximum Gasteiger partial charge on any atom is 0.0449 e. The zero-order valence-electron chi connectivity index (χ0n) is 9.24. The summed E-state index contributed by atoms with van der Waals surface area (Å²) < 4.78 is 0. The third-order valence-electron chi connectivity index (χ3n) is 3.42. The van der Waals surface area contributed by atoms with Gasteiger partial charge in [-0.15, -0.1) is 0 Å². The van der Waals surface area contributed by atoms with Crippen LogP contribution in [0.15, 0.2) is 18.2 Å². The van der Waals surface area contributed by atoms with Crippen LogP contribution in [0.5, 0.6) is 0 Å². The molecule has 1 aliphatic rings. The first-order valence-corrected chi connectivity index (χ1v) is 5.71. The molecule has 0 saturated carbocycles. The van der Waals surface area contributed by atoms with Gasteiger partial charge in [0, 0.05) is 12.6 Å². The smallest absolute Gasteiger partial charge is 0.0449 e. The van der Waals surface area contributed by atoms with Crippen molar-refractivity contribution in [1.29, 1.82) is 0 Å². The molecule has 2 unspecified atom stereocenters. The molecule has 0 radical (unpaired) electrons. The molecule has 0 spiro atoms. The van der Waals surface area contributed by atoms with Crippen LogP contribution in [-0.4, -0.2) is 11.7 Å². The van der Waals surface area contributed by atoms with E-state index in [1.807, 2.05) is 0 Å². The Balaban J connectivity index is 2.25. The van der Waals surface area contributed by atoms with E-state index >= 15 is 0 Å². The molecular formula is C13H19NO. The van der Waals surface area contributed by atoms with Gasteiger partial charge in [0.05, 0.1) is 0 Å². The molecule has 1 aromatic rings. The molecular weight excluding hydrogens is 186 g/mol. The zero-order valence-corrected chi connectivity index (χ0v) is 9.24. The maximum atomic E-state index is 8.86. The molecule has 1 aromatic carbocycles. The molecule has 0 amide bonds. The third-order valence-corrected chi connectivity index (χ3v) is 3.42. The number of aryl methyl sites for hydroxylation is 1. The van der Waals surface area contributed by atoms with E-state index in [0.717, 1.165) is 5.56 Å². The first-order valence-electron chi connectivity index (χ1n) is 5.71. The van der Waals surface area contributed by atoms with E-state index < -0.39 is 0 Å². The minimum absolute atomic E-state index is 0.0203. The van der Waals surface area contributed by atoms with E-state index in [-0.39, 0.29) is 12.6 Å². The molecule has 1 aliphatic carbocycles. The van der Waals surface area contributed by atoms with Gasteiger partial charge in [-0.05, 0) is 41.9 Å². The van der Waals surface area contributed by atoms with Crippen molar-refractivity contribution in [1.82, 2.24) is 0 Å². The van der Waals surface area contributed by atoms with Crippen molar-refractivity contribution < 1.29 is 5.11 Å². The third kappa shape index (κ3) is 2.06. The largest absolute Gasteiger partial charge is 0.396 e. The van der Waals surface area contributed by atoms with Crippen LogP contribution in [0.4, 0.5) is 0 Å². The predicted octanol–water partition coefficient (Wildman–Crippen LogP) is 2.12. The second kappa shape index (κ2) is 4.33. The van der Waals surface area contributed by atoms with Crippen LogP contribution in [0.2, 0.25) is 0 Å². The van der Waals surface area contributed by atoms with Gasteiger partial charge in [0.2, 0.25) is 0 Å². The number of aliphatic hydroxyl groups is 1. The van der Waals surface area contributed by atoms with Gasteiger partial charge in [0.25, 0.3) is 0 Å². The highest BCUT2D eigenvalue weighted by Crippen LogP contribution is 2.34. The number of fused-ring (bicyclic) bond motifs is 1. The molecule has 0 bridgehead atoms. The van der Waals surface area contributed by atoms with Crippen molar-refractivity contribution in [3.63, 3.8) is 0 Å². The van der Waals surface area contributed by atoms with Gasteiger partial charge in [-0.3, -0.25) is 0 Å². The summed E-state index contributed by atoms with van der Waals surface area (Å²) >= 11 is 0. The summed E-state index contributed by atoms with van der Waals surface area (Å²) in [6.07, 6.45) is 3.10. The van der Waals surface area contributed by atoms with Crippen LogP contribution < -0.4 is 5.73 Å². The monoisotopic (exact) mass is 205 g/mol. The number of nitrogens with two attached hydrogens (primary N) is 1. The summed E-state index contributed by atoms with van der Waals surface area (Å²) in [5, 5.41) is 8.86. The second-order valence-corrected chi connectivity index (χ2v) is 4.52. The Hall–Kier alpha value is -0.860. The summed E-state index contributed by atoms with van der Waals surface area (Å²) in [6, 6.07) is 6.52. The average molecular weight is 205 g/mol. The summed E-state index contributed by atoms with van der Waals surface area (Å²) in [6.45, 7) is 2.43. The molecule has 0 saturated heterocycles. The van der Waals surface area contributed by atoms with Crippen LogP contribution >= 0.6 is 0 Å². The van der Waals surface area contributed by atoms with Gasteiger partial charge >= 0.3 is 0 Å². The number of hydrogen-bond donors (Lipinski definition) is 2. The SMILES string of the molecule is CC1CCc2ccc(C(N)CCO)cc21. The zero-order chi connectivity index (χ0) is 10.8. The summed E-state index contributed by atoms with van der Waals surface area (Å²) in [4.78, 5) is 0. The Morgan fingerprint density at radius 1 is 1.53 bits per heavy atom. The lowest BCUT2D eigenvalue weighted by Crippen LogP contribution is -2.12. The van der Waals surface area contributed by atoms with Crippen LogP contribution in [0.1, 0.15) is 48.4 Å². The molecule has 3 N–H and O–H groups in total. The van der Waals surface area contributed by atoms with Crippen LogP contribution in [-0.2, 0) is 6.42 Å². The van der Waals surface area contributed by atoms with E-state index in [1.165, 1.54) is 24.0 Å². The van der Waals surface area contributed by atoms with E-state index in [0.29, 0.717) is 12.3 Å². The maximum absolute atomic E-state index is 8.86. The van der Waals surface area contributed by atoms with E-state index in [9.17, 15) is 0 Å². The van der Waals surface area contributed by atoms with Crippen molar-refractivity contribution >= 4 is 0 Å². The second-order valence-electron chi connectivity index (χ2n) is 4.52. The Labute approximate surface area is 91.1 Å². The van der Waals surface area contributed by atoms with Crippen molar-refractivity contribution in [2.75, 3.05) is 6.61 Å². The normalized spacial score (nSPS) is 21.4. The molecule has 2 rings (SSSR count). The number of rotatable bonds is 3. The van der Waals surface area contributed by atoms with Crippen LogP contribution in [0, 0.1) is 0 Å². The van der Waals surface area contributed by atoms with Crippen molar-refractivity contribution in [2.45, 2.75) is 38.1 Å². The number of aliphatic hydroxyl groups excluding tert-OH is 1. The van der Waals surface area contributed by atoms with Gasteiger partial charge in [-0.25, -0.2) is 0 Å². The molecule has 0 heterocycles. The van der Waals surface area contributed by atoms with Gasteiger partial charge in [-0.2, -0.15) is 0 Å². The van der Waals surface area contributed by atoms with E-state index in [2.05, 4.69) is 25.1 Å². The molecule has 15 heavy (non-hydrogen) atoms. The average Bonchev–Trinajstić information content (AvgIpc) is 2.60. The number of hydrogen-bond acceptors (Lipinski definition) is 2. The highest BCUT2D eigenvalue weighted by Gasteiger charge is 2.19. The highest BCUT2D eigenvalue weighted by atomic mass is 16.3. The number of benzene rings is 1. The van der Waals surface area contributed by atoms with Gasteiger partial charge in [0.1, 0.15) is 0 Å². The van der Waals surface area contributed by atoms with Crippen molar-refractivity contribution in [2.24, 2.45) is 5.73 Å². The quantitative estimate of drug-likeness (QED) is 0.794. The topological polar surface area (TPSA) is 46.2 Å². The molecule has 2 nitrogen and oxygen atoms in total. The van der Waals surface area contributed by atoms with Crippen LogP contribution in [0.25, 0.3) is 0 Å². The molecule has 0 fully saturated rings. The Kier molecular flexibility index (Phi) is 3.08. The standard InChI is InChI=1S/C13H19NO/c1-9-2-3-10-4-5-11(8-12(9)10)13(14)6-7-15/h4-5,8-9,13,15H,2-3,6-7,14H2,1H3. The Morgan fingerprint density at radius 2 is 2.33 bits per heavy atom. The van der Waals surface area contributed by atoms with Gasteiger partial charge < -0.3 is 10.8 Å². The first kappa shape index (κ1) is 10.7. The summed E-state index contributed by atoms with van der Waals surface area (Å²) in [5.41, 5.74) is 10.1. The highest BCUT2D eigenvalue weighted by molar-refractivity contribution is 5.39. The van der Waals surface area contributed by atoms with E-state index in [4.69, 9.17) is 10.8 Å². The Morgan fingerprint density at radius 3 is 3.07 bits per heavy atom.